The van der Waals surface area contributed by atoms with Crippen LogP contribution in [0, 0.1) is 0 Å². The van der Waals surface area contributed by atoms with Crippen molar-refractivity contribution in [1.29, 1.82) is 0 Å². The lowest BCUT2D eigenvalue weighted by Crippen LogP contribution is -2.42. The van der Waals surface area contributed by atoms with Gasteiger partial charge in [-0.1, -0.05) is 6.92 Å². The Labute approximate surface area is 81.3 Å². The van der Waals surface area contributed by atoms with E-state index in [2.05, 4.69) is 11.8 Å². The summed E-state index contributed by atoms with van der Waals surface area (Å²) in [5.41, 5.74) is 0. The standard InChI is InChI=1S/C11H21NO/c1-2-10-4-3-7-12(10)11-5-8-13-9-6-11/h10-11H,2-9H2,1H3. The summed E-state index contributed by atoms with van der Waals surface area (Å²) in [7, 11) is 0. The minimum Gasteiger partial charge on any atom is -0.381 e. The summed E-state index contributed by atoms with van der Waals surface area (Å²) < 4.78 is 5.40. The van der Waals surface area contributed by atoms with E-state index in [1.807, 2.05) is 0 Å². The topological polar surface area (TPSA) is 12.5 Å². The number of ether oxygens (including phenoxy) is 1. The number of likely N-dealkylation sites (tertiary alicyclic amines) is 1. The molecule has 2 nitrogen and oxygen atoms in total. The summed E-state index contributed by atoms with van der Waals surface area (Å²) >= 11 is 0. The monoisotopic (exact) mass is 183 g/mol. The predicted molar refractivity (Wildman–Crippen MR) is 53.9 cm³/mol. The van der Waals surface area contributed by atoms with Gasteiger partial charge in [0, 0.05) is 25.3 Å². The Morgan fingerprint density at radius 2 is 2.00 bits per heavy atom. The van der Waals surface area contributed by atoms with Crippen molar-refractivity contribution in [1.82, 2.24) is 4.90 Å². The molecule has 2 aliphatic rings. The third-order valence-electron chi connectivity index (χ3n) is 3.55. The molecule has 0 N–H and O–H groups in total. The van der Waals surface area contributed by atoms with Gasteiger partial charge in [-0.2, -0.15) is 0 Å². The molecule has 2 heterocycles. The molecular formula is C11H21NO. The molecule has 76 valence electrons. The van der Waals surface area contributed by atoms with Crippen molar-refractivity contribution in [3.8, 4) is 0 Å². The molecule has 2 aliphatic heterocycles. The van der Waals surface area contributed by atoms with Gasteiger partial charge in [0.15, 0.2) is 0 Å². The largest absolute Gasteiger partial charge is 0.381 e. The molecule has 0 aromatic heterocycles. The van der Waals surface area contributed by atoms with Gasteiger partial charge in [-0.25, -0.2) is 0 Å². The fourth-order valence-electron chi connectivity index (χ4n) is 2.79. The summed E-state index contributed by atoms with van der Waals surface area (Å²) in [4.78, 5) is 2.74. The van der Waals surface area contributed by atoms with E-state index < -0.39 is 0 Å². The predicted octanol–water partition coefficient (Wildman–Crippen LogP) is 2.04. The molecule has 2 saturated heterocycles. The molecule has 1 unspecified atom stereocenters. The van der Waals surface area contributed by atoms with E-state index in [1.54, 1.807) is 0 Å². The molecule has 0 bridgehead atoms. The maximum atomic E-state index is 5.40. The van der Waals surface area contributed by atoms with Gasteiger partial charge in [-0.05, 0) is 38.6 Å². The molecule has 0 saturated carbocycles. The summed E-state index contributed by atoms with van der Waals surface area (Å²) in [6.45, 7) is 5.63. The highest BCUT2D eigenvalue weighted by Gasteiger charge is 2.30. The van der Waals surface area contributed by atoms with Crippen LogP contribution in [-0.4, -0.2) is 36.7 Å². The van der Waals surface area contributed by atoms with E-state index >= 15 is 0 Å². The van der Waals surface area contributed by atoms with Crippen molar-refractivity contribution in [2.24, 2.45) is 0 Å². The zero-order valence-electron chi connectivity index (χ0n) is 8.67. The van der Waals surface area contributed by atoms with Crippen molar-refractivity contribution >= 4 is 0 Å². The summed E-state index contributed by atoms with van der Waals surface area (Å²) in [5.74, 6) is 0. The van der Waals surface area contributed by atoms with E-state index in [-0.39, 0.29) is 0 Å². The van der Waals surface area contributed by atoms with E-state index in [1.165, 1.54) is 38.6 Å². The Kier molecular flexibility index (Phi) is 3.23. The lowest BCUT2D eigenvalue weighted by molar-refractivity contribution is 0.0288. The lowest BCUT2D eigenvalue weighted by Gasteiger charge is -2.35. The van der Waals surface area contributed by atoms with E-state index in [0.717, 1.165) is 25.3 Å². The first kappa shape index (κ1) is 9.47. The quantitative estimate of drug-likeness (QED) is 0.649. The van der Waals surface area contributed by atoms with Crippen molar-refractivity contribution in [2.45, 2.75) is 51.1 Å². The molecule has 2 rings (SSSR count). The van der Waals surface area contributed by atoms with Crippen molar-refractivity contribution in [3.05, 3.63) is 0 Å². The van der Waals surface area contributed by atoms with Crippen molar-refractivity contribution in [3.63, 3.8) is 0 Å². The van der Waals surface area contributed by atoms with Crippen LogP contribution in [0.5, 0.6) is 0 Å². The third kappa shape index (κ3) is 2.05. The number of nitrogens with zero attached hydrogens (tertiary/aromatic N) is 1. The van der Waals surface area contributed by atoms with Crippen LogP contribution in [0.3, 0.4) is 0 Å². The van der Waals surface area contributed by atoms with Gasteiger partial charge in [0.2, 0.25) is 0 Å². The second kappa shape index (κ2) is 4.43. The van der Waals surface area contributed by atoms with Gasteiger partial charge >= 0.3 is 0 Å². The Hall–Kier alpha value is -0.0800. The molecular weight excluding hydrogens is 162 g/mol. The minimum atomic E-state index is 0.834. The van der Waals surface area contributed by atoms with Crippen LogP contribution >= 0.6 is 0 Å². The maximum absolute atomic E-state index is 5.40. The average Bonchev–Trinajstić information content (AvgIpc) is 2.67. The zero-order chi connectivity index (χ0) is 9.10. The number of hydrogen-bond acceptors (Lipinski definition) is 2. The number of rotatable bonds is 2. The van der Waals surface area contributed by atoms with Gasteiger partial charge in [0.25, 0.3) is 0 Å². The highest BCUT2D eigenvalue weighted by atomic mass is 16.5. The summed E-state index contributed by atoms with van der Waals surface area (Å²) in [5, 5.41) is 0. The first-order chi connectivity index (χ1) is 6.42. The average molecular weight is 183 g/mol. The first-order valence-electron chi connectivity index (χ1n) is 5.75. The normalized spacial score (nSPS) is 32.5. The molecule has 2 fully saturated rings. The highest BCUT2D eigenvalue weighted by Crippen LogP contribution is 2.26. The third-order valence-corrected chi connectivity index (χ3v) is 3.55. The van der Waals surface area contributed by atoms with Gasteiger partial charge in [-0.15, -0.1) is 0 Å². The van der Waals surface area contributed by atoms with Crippen molar-refractivity contribution < 1.29 is 4.74 Å². The molecule has 0 spiro atoms. The molecule has 2 heteroatoms. The maximum Gasteiger partial charge on any atom is 0.0480 e. The molecule has 0 amide bonds. The fraction of sp³-hybridized carbons (Fsp3) is 1.00. The van der Waals surface area contributed by atoms with Gasteiger partial charge in [0.05, 0.1) is 0 Å². The number of hydrogen-bond donors (Lipinski definition) is 0. The van der Waals surface area contributed by atoms with Crippen molar-refractivity contribution in [2.75, 3.05) is 19.8 Å². The lowest BCUT2D eigenvalue weighted by atomic mass is 10.1. The Balaban J connectivity index is 1.90. The second-order valence-corrected chi connectivity index (χ2v) is 4.29. The smallest absolute Gasteiger partial charge is 0.0480 e. The van der Waals surface area contributed by atoms with Crippen LogP contribution < -0.4 is 0 Å². The second-order valence-electron chi connectivity index (χ2n) is 4.29. The van der Waals surface area contributed by atoms with Crippen LogP contribution in [0.25, 0.3) is 0 Å². The van der Waals surface area contributed by atoms with Crippen LogP contribution in [0.2, 0.25) is 0 Å². The molecule has 0 radical (unpaired) electrons. The van der Waals surface area contributed by atoms with Gasteiger partial charge in [0.1, 0.15) is 0 Å². The molecule has 0 aromatic carbocycles. The SMILES string of the molecule is CCC1CCCN1C1CCOCC1. The van der Waals surface area contributed by atoms with Crippen LogP contribution in [0.4, 0.5) is 0 Å². The minimum absolute atomic E-state index is 0.834. The fourth-order valence-corrected chi connectivity index (χ4v) is 2.79. The highest BCUT2D eigenvalue weighted by molar-refractivity contribution is 4.85. The van der Waals surface area contributed by atoms with Crippen LogP contribution in [-0.2, 0) is 4.74 Å². The van der Waals surface area contributed by atoms with Gasteiger partial charge < -0.3 is 4.74 Å². The Morgan fingerprint density at radius 3 is 2.69 bits per heavy atom. The molecule has 0 aromatic rings. The molecule has 1 atom stereocenters. The van der Waals surface area contributed by atoms with E-state index in [9.17, 15) is 0 Å². The van der Waals surface area contributed by atoms with Crippen LogP contribution in [0.1, 0.15) is 39.0 Å². The molecule has 13 heavy (non-hydrogen) atoms. The summed E-state index contributed by atoms with van der Waals surface area (Å²) in [6, 6.07) is 1.71. The Morgan fingerprint density at radius 1 is 1.23 bits per heavy atom. The zero-order valence-corrected chi connectivity index (χ0v) is 8.67. The van der Waals surface area contributed by atoms with Gasteiger partial charge in [-0.3, -0.25) is 4.90 Å². The summed E-state index contributed by atoms with van der Waals surface area (Å²) in [6.07, 6.45) is 6.69. The first-order valence-corrected chi connectivity index (χ1v) is 5.75. The van der Waals surface area contributed by atoms with E-state index in [4.69, 9.17) is 4.74 Å². The molecule has 0 aliphatic carbocycles. The Bertz CT molecular complexity index is 154. The van der Waals surface area contributed by atoms with Crippen LogP contribution in [0.15, 0.2) is 0 Å². The van der Waals surface area contributed by atoms with E-state index in [0.29, 0.717) is 0 Å².